The molecular weight excluding hydrogens is 454 g/mol. The Morgan fingerprint density at radius 1 is 1.11 bits per heavy atom. The number of fused-ring (bicyclic) bond motifs is 3. The zero-order valence-electron chi connectivity index (χ0n) is 20.3. The van der Waals surface area contributed by atoms with Crippen molar-refractivity contribution < 1.29 is 9.47 Å². The maximum atomic E-state index is 9.58. The molecule has 4 aromatic rings. The molecular formula is C27H27N7O2. The first kappa shape index (κ1) is 22.2. The molecule has 2 aliphatic heterocycles. The van der Waals surface area contributed by atoms with Crippen LogP contribution in [0.3, 0.4) is 0 Å². The third-order valence-corrected chi connectivity index (χ3v) is 7.21. The Morgan fingerprint density at radius 3 is 2.64 bits per heavy atom. The van der Waals surface area contributed by atoms with Crippen molar-refractivity contribution in [3.8, 4) is 28.8 Å². The van der Waals surface area contributed by atoms with E-state index in [0.717, 1.165) is 41.2 Å². The number of pyridine rings is 3. The summed E-state index contributed by atoms with van der Waals surface area (Å²) in [7, 11) is 1.63. The van der Waals surface area contributed by atoms with E-state index in [9.17, 15) is 5.26 Å². The number of anilines is 2. The molecule has 3 fully saturated rings. The van der Waals surface area contributed by atoms with Crippen LogP contribution >= 0.6 is 0 Å². The van der Waals surface area contributed by atoms with Crippen LogP contribution in [-0.4, -0.2) is 52.4 Å². The topological polar surface area (TPSA) is 101 Å². The third kappa shape index (κ3) is 3.85. The van der Waals surface area contributed by atoms with Gasteiger partial charge in [-0.1, -0.05) is 0 Å². The Hall–Kier alpha value is -4.32. The van der Waals surface area contributed by atoms with Gasteiger partial charge >= 0.3 is 0 Å². The standard InChI is InChI=1S/C27H27N7O2/c1-3-36-22-9-23(27-20(10-28)12-31-34(27)16-22)17-4-6-24(29-11-17)33-14-18-8-19(15-33)26(18)32-21-5-7-25(35-2)30-13-21/h4-7,9,11-13,16,18-19,26,32H,3,8,14-15H2,1-2H3/t18-,19?,26-/m1/s1. The highest BCUT2D eigenvalue weighted by atomic mass is 16.5. The first-order chi connectivity index (χ1) is 17.7. The number of methoxy groups -OCH3 is 1. The zero-order valence-corrected chi connectivity index (χ0v) is 20.3. The summed E-state index contributed by atoms with van der Waals surface area (Å²) in [5, 5.41) is 17.6. The molecule has 1 saturated carbocycles. The highest BCUT2D eigenvalue weighted by molar-refractivity contribution is 5.85. The molecule has 1 aliphatic carbocycles. The molecule has 1 unspecified atom stereocenters. The van der Waals surface area contributed by atoms with Crippen molar-refractivity contribution in [2.45, 2.75) is 19.4 Å². The van der Waals surface area contributed by atoms with E-state index in [4.69, 9.17) is 14.5 Å². The van der Waals surface area contributed by atoms with Gasteiger partial charge in [0, 0.05) is 42.5 Å². The van der Waals surface area contributed by atoms with E-state index in [1.54, 1.807) is 24.0 Å². The maximum absolute atomic E-state index is 9.58. The molecule has 1 N–H and O–H groups in total. The van der Waals surface area contributed by atoms with Crippen molar-refractivity contribution in [1.29, 1.82) is 5.26 Å². The fourth-order valence-corrected chi connectivity index (χ4v) is 5.47. The molecule has 2 bridgehead atoms. The van der Waals surface area contributed by atoms with Gasteiger partial charge in [-0.2, -0.15) is 10.4 Å². The average molecular weight is 482 g/mol. The van der Waals surface area contributed by atoms with Crippen LogP contribution in [0, 0.1) is 23.2 Å². The lowest BCUT2D eigenvalue weighted by atomic mass is 9.66. The van der Waals surface area contributed by atoms with E-state index in [0.29, 0.717) is 41.7 Å². The summed E-state index contributed by atoms with van der Waals surface area (Å²) in [4.78, 5) is 11.5. The van der Waals surface area contributed by atoms with Crippen LogP contribution in [0.15, 0.2) is 55.1 Å². The molecule has 0 aromatic carbocycles. The summed E-state index contributed by atoms with van der Waals surface area (Å²) in [6.07, 6.45) is 8.34. The monoisotopic (exact) mass is 481 g/mol. The fourth-order valence-electron chi connectivity index (χ4n) is 5.47. The van der Waals surface area contributed by atoms with Gasteiger partial charge in [0.15, 0.2) is 0 Å². The van der Waals surface area contributed by atoms with Crippen molar-refractivity contribution in [3.05, 3.63) is 60.7 Å². The predicted molar refractivity (Wildman–Crippen MR) is 136 cm³/mol. The number of aromatic nitrogens is 4. The van der Waals surface area contributed by atoms with Crippen LogP contribution < -0.4 is 19.7 Å². The predicted octanol–water partition coefficient (Wildman–Crippen LogP) is 4.01. The van der Waals surface area contributed by atoms with Crippen molar-refractivity contribution in [2.75, 3.05) is 37.0 Å². The van der Waals surface area contributed by atoms with Gasteiger partial charge in [0.1, 0.15) is 17.6 Å². The van der Waals surface area contributed by atoms with Crippen molar-refractivity contribution >= 4 is 17.0 Å². The molecule has 6 heterocycles. The molecule has 7 rings (SSSR count). The summed E-state index contributed by atoms with van der Waals surface area (Å²) >= 11 is 0. The van der Waals surface area contributed by atoms with E-state index < -0.39 is 0 Å². The molecule has 2 saturated heterocycles. The van der Waals surface area contributed by atoms with E-state index >= 15 is 0 Å². The van der Waals surface area contributed by atoms with Gasteiger partial charge in [-0.25, -0.2) is 14.5 Å². The average Bonchev–Trinajstić information content (AvgIpc) is 3.35. The SMILES string of the molecule is CCOc1cc(-c2ccc(N3CC4C[C@H](C3)[C@H]4Nc3ccc(OC)nc3)nc2)c2c(C#N)cnn2c1. The first-order valence-corrected chi connectivity index (χ1v) is 12.2. The number of hydrogen-bond donors (Lipinski definition) is 1. The van der Waals surface area contributed by atoms with Crippen molar-refractivity contribution in [1.82, 2.24) is 19.6 Å². The van der Waals surface area contributed by atoms with Crippen molar-refractivity contribution in [2.24, 2.45) is 11.8 Å². The lowest BCUT2D eigenvalue weighted by molar-refractivity contribution is 0.130. The van der Waals surface area contributed by atoms with E-state index in [1.165, 1.54) is 6.42 Å². The van der Waals surface area contributed by atoms with Gasteiger partial charge in [0.2, 0.25) is 5.88 Å². The van der Waals surface area contributed by atoms with Gasteiger partial charge in [-0.3, -0.25) is 0 Å². The molecule has 3 aliphatic rings. The lowest BCUT2D eigenvalue weighted by Crippen LogP contribution is -2.61. The Labute approximate surface area is 209 Å². The number of nitrogens with one attached hydrogen (secondary N) is 1. The third-order valence-electron chi connectivity index (χ3n) is 7.21. The van der Waals surface area contributed by atoms with Gasteiger partial charge < -0.3 is 19.7 Å². The lowest BCUT2D eigenvalue weighted by Gasteiger charge is -2.54. The van der Waals surface area contributed by atoms with Gasteiger partial charge in [-0.05, 0) is 49.4 Å². The second-order valence-electron chi connectivity index (χ2n) is 9.31. The Balaban J connectivity index is 1.19. The number of ether oxygens (including phenoxy) is 2. The minimum atomic E-state index is 0.455. The summed E-state index contributed by atoms with van der Waals surface area (Å²) in [6.45, 7) is 4.43. The van der Waals surface area contributed by atoms with Crippen molar-refractivity contribution in [3.63, 3.8) is 0 Å². The number of rotatable bonds is 7. The second-order valence-corrected chi connectivity index (χ2v) is 9.31. The van der Waals surface area contributed by atoms with Crippen LogP contribution in [0.1, 0.15) is 18.9 Å². The molecule has 0 spiro atoms. The zero-order chi connectivity index (χ0) is 24.6. The second kappa shape index (κ2) is 9.04. The van der Waals surface area contributed by atoms with E-state index in [-0.39, 0.29) is 0 Å². The largest absolute Gasteiger partial charge is 0.492 e. The maximum Gasteiger partial charge on any atom is 0.213 e. The Morgan fingerprint density at radius 2 is 1.97 bits per heavy atom. The van der Waals surface area contributed by atoms with Crippen LogP contribution in [0.2, 0.25) is 0 Å². The van der Waals surface area contributed by atoms with Crippen LogP contribution in [0.25, 0.3) is 16.6 Å². The highest BCUT2D eigenvalue weighted by Crippen LogP contribution is 2.43. The smallest absolute Gasteiger partial charge is 0.213 e. The van der Waals surface area contributed by atoms with Gasteiger partial charge in [0.05, 0.1) is 49.1 Å². The Bertz CT molecular complexity index is 1410. The van der Waals surface area contributed by atoms with Crippen LogP contribution in [-0.2, 0) is 0 Å². The number of piperidine rings is 2. The summed E-state index contributed by atoms with van der Waals surface area (Å²) in [5.74, 6) is 3.44. The highest BCUT2D eigenvalue weighted by Gasteiger charge is 2.47. The minimum Gasteiger partial charge on any atom is -0.492 e. The first-order valence-electron chi connectivity index (χ1n) is 12.2. The Kier molecular flexibility index (Phi) is 5.56. The summed E-state index contributed by atoms with van der Waals surface area (Å²) < 4.78 is 12.6. The quantitative estimate of drug-likeness (QED) is 0.423. The fraction of sp³-hybridized carbons (Fsp3) is 0.333. The van der Waals surface area contributed by atoms with Gasteiger partial charge in [-0.15, -0.1) is 0 Å². The molecule has 36 heavy (non-hydrogen) atoms. The molecule has 9 nitrogen and oxygen atoms in total. The number of nitriles is 1. The van der Waals surface area contributed by atoms with E-state index in [1.807, 2.05) is 37.5 Å². The molecule has 9 heteroatoms. The number of hydrogen-bond acceptors (Lipinski definition) is 8. The van der Waals surface area contributed by atoms with E-state index in [2.05, 4.69) is 38.5 Å². The number of nitrogens with zero attached hydrogens (tertiary/aromatic N) is 6. The molecule has 182 valence electrons. The minimum absolute atomic E-state index is 0.455. The molecule has 0 radical (unpaired) electrons. The normalized spacial score (nSPS) is 20.5. The molecule has 4 aromatic heterocycles. The van der Waals surface area contributed by atoms with Gasteiger partial charge in [0.25, 0.3) is 0 Å². The molecule has 0 amide bonds. The summed E-state index contributed by atoms with van der Waals surface area (Å²) in [5.41, 5.74) is 4.13. The molecule has 3 atom stereocenters. The van der Waals surface area contributed by atoms with Crippen LogP contribution in [0.5, 0.6) is 11.6 Å². The van der Waals surface area contributed by atoms with Crippen LogP contribution in [0.4, 0.5) is 11.5 Å². The summed E-state index contributed by atoms with van der Waals surface area (Å²) in [6, 6.07) is 12.7.